The lowest BCUT2D eigenvalue weighted by atomic mass is 10.2. The van der Waals surface area contributed by atoms with Gasteiger partial charge in [-0.05, 0) is 46.8 Å². The predicted octanol–water partition coefficient (Wildman–Crippen LogP) is 4.28. The molecule has 0 aliphatic heterocycles. The maximum absolute atomic E-state index is 13.2. The lowest BCUT2D eigenvalue weighted by Crippen LogP contribution is -2.26. The van der Waals surface area contributed by atoms with Gasteiger partial charge in [0.25, 0.3) is 5.56 Å². The van der Waals surface area contributed by atoms with Gasteiger partial charge in [-0.15, -0.1) is 16.4 Å². The third kappa shape index (κ3) is 3.25. The van der Waals surface area contributed by atoms with Crippen molar-refractivity contribution in [2.75, 3.05) is 0 Å². The summed E-state index contributed by atoms with van der Waals surface area (Å²) in [7, 11) is 0. The molecule has 0 radical (unpaired) electrons. The van der Waals surface area contributed by atoms with Gasteiger partial charge in [0.15, 0.2) is 0 Å². The fraction of sp³-hybridized carbons (Fsp3) is 0.0952. The first-order chi connectivity index (χ1) is 14.5. The quantitative estimate of drug-likeness (QED) is 0.405. The summed E-state index contributed by atoms with van der Waals surface area (Å²) < 4.78 is 4.89. The van der Waals surface area contributed by atoms with E-state index in [2.05, 4.69) is 5.10 Å². The summed E-state index contributed by atoms with van der Waals surface area (Å²) in [6.07, 6.45) is 0. The van der Waals surface area contributed by atoms with Gasteiger partial charge in [0.05, 0.1) is 18.6 Å². The molecule has 2 aromatic carbocycles. The molecule has 0 saturated heterocycles. The van der Waals surface area contributed by atoms with Crippen LogP contribution >= 0.6 is 34.5 Å². The molecule has 5 rings (SSSR count). The SMILES string of the molecule is O=c1c2sccc2n2c(=O)n(Cc3cccc(Cl)c3)nc2n1Cc1ccc(Cl)cc1. The summed E-state index contributed by atoms with van der Waals surface area (Å²) >= 11 is 13.4. The van der Waals surface area contributed by atoms with Crippen molar-refractivity contribution < 1.29 is 0 Å². The molecule has 0 fully saturated rings. The zero-order valence-electron chi connectivity index (χ0n) is 15.5. The van der Waals surface area contributed by atoms with Crippen molar-refractivity contribution in [1.29, 1.82) is 0 Å². The molecule has 150 valence electrons. The number of halogens is 2. The molecule has 3 heterocycles. The van der Waals surface area contributed by atoms with Gasteiger partial charge in [0.2, 0.25) is 5.78 Å². The largest absolute Gasteiger partial charge is 0.352 e. The number of thiophene rings is 1. The summed E-state index contributed by atoms with van der Waals surface area (Å²) in [5.41, 5.74) is 1.81. The van der Waals surface area contributed by atoms with E-state index in [-0.39, 0.29) is 24.3 Å². The first-order valence-electron chi connectivity index (χ1n) is 9.10. The smallest absolute Gasteiger partial charge is 0.271 e. The summed E-state index contributed by atoms with van der Waals surface area (Å²) in [6.45, 7) is 0.531. The Kier molecular flexibility index (Phi) is 4.73. The molecule has 0 N–H and O–H groups in total. The van der Waals surface area contributed by atoms with E-state index in [0.29, 0.717) is 26.0 Å². The molecule has 0 bridgehead atoms. The van der Waals surface area contributed by atoms with Gasteiger partial charge in [-0.2, -0.15) is 0 Å². The average molecular weight is 457 g/mol. The molecular formula is C21H14Cl2N4O2S. The van der Waals surface area contributed by atoms with Gasteiger partial charge >= 0.3 is 5.69 Å². The van der Waals surface area contributed by atoms with E-state index in [0.717, 1.165) is 11.1 Å². The molecule has 0 spiro atoms. The minimum Gasteiger partial charge on any atom is -0.271 e. The van der Waals surface area contributed by atoms with Crippen LogP contribution in [-0.4, -0.2) is 18.7 Å². The van der Waals surface area contributed by atoms with Crippen molar-refractivity contribution in [2.24, 2.45) is 0 Å². The van der Waals surface area contributed by atoms with Gasteiger partial charge < -0.3 is 0 Å². The van der Waals surface area contributed by atoms with Crippen molar-refractivity contribution in [3.63, 3.8) is 0 Å². The van der Waals surface area contributed by atoms with E-state index in [9.17, 15) is 9.59 Å². The van der Waals surface area contributed by atoms with Crippen LogP contribution in [0.4, 0.5) is 0 Å². The number of hydrogen-bond donors (Lipinski definition) is 0. The lowest BCUT2D eigenvalue weighted by Gasteiger charge is -2.08. The van der Waals surface area contributed by atoms with Crippen LogP contribution in [0, 0.1) is 0 Å². The second-order valence-electron chi connectivity index (χ2n) is 6.86. The second-order valence-corrected chi connectivity index (χ2v) is 8.65. The van der Waals surface area contributed by atoms with E-state index < -0.39 is 0 Å². The zero-order valence-corrected chi connectivity index (χ0v) is 17.8. The maximum Gasteiger partial charge on any atom is 0.352 e. The standard InChI is InChI=1S/C21H14Cl2N4O2S/c22-15-6-4-13(5-7-15)11-25-19(28)18-17(8-9-30-18)27-20(25)24-26(21(27)29)12-14-2-1-3-16(23)10-14/h1-10H,11-12H2. The van der Waals surface area contributed by atoms with Crippen LogP contribution < -0.4 is 11.2 Å². The monoisotopic (exact) mass is 456 g/mol. The van der Waals surface area contributed by atoms with Crippen LogP contribution in [0.1, 0.15) is 11.1 Å². The molecule has 9 heteroatoms. The summed E-state index contributed by atoms with van der Waals surface area (Å²) in [6, 6.07) is 16.3. The van der Waals surface area contributed by atoms with Crippen LogP contribution in [-0.2, 0) is 13.1 Å². The highest BCUT2D eigenvalue weighted by atomic mass is 35.5. The van der Waals surface area contributed by atoms with Crippen LogP contribution in [0.3, 0.4) is 0 Å². The van der Waals surface area contributed by atoms with E-state index in [1.165, 1.54) is 25.0 Å². The molecular weight excluding hydrogens is 443 g/mol. The summed E-state index contributed by atoms with van der Waals surface area (Å²) in [5.74, 6) is 0.299. The Labute approximate surface area is 184 Å². The highest BCUT2D eigenvalue weighted by molar-refractivity contribution is 7.17. The van der Waals surface area contributed by atoms with E-state index in [4.69, 9.17) is 23.2 Å². The molecule has 5 aromatic rings. The van der Waals surface area contributed by atoms with Crippen LogP contribution in [0.15, 0.2) is 69.6 Å². The average Bonchev–Trinajstić information content (AvgIpc) is 3.32. The molecule has 0 atom stereocenters. The Balaban J connectivity index is 1.72. The predicted molar refractivity (Wildman–Crippen MR) is 120 cm³/mol. The van der Waals surface area contributed by atoms with Crippen molar-refractivity contribution in [1.82, 2.24) is 18.7 Å². The minimum atomic E-state index is -0.307. The highest BCUT2D eigenvalue weighted by Crippen LogP contribution is 2.19. The Bertz CT molecular complexity index is 1510. The molecule has 3 aromatic heterocycles. The second kappa shape index (κ2) is 7.43. The van der Waals surface area contributed by atoms with E-state index in [1.54, 1.807) is 35.7 Å². The fourth-order valence-electron chi connectivity index (χ4n) is 3.46. The molecule has 6 nitrogen and oxygen atoms in total. The topological polar surface area (TPSA) is 61.3 Å². The number of fused-ring (bicyclic) bond motifs is 3. The van der Waals surface area contributed by atoms with Crippen molar-refractivity contribution in [2.45, 2.75) is 13.1 Å². The summed E-state index contributed by atoms with van der Waals surface area (Å²) in [5, 5.41) is 7.52. The van der Waals surface area contributed by atoms with Gasteiger partial charge in [-0.25, -0.2) is 13.9 Å². The van der Waals surface area contributed by atoms with Crippen LogP contribution in [0.25, 0.3) is 16.0 Å². The first-order valence-corrected chi connectivity index (χ1v) is 10.7. The van der Waals surface area contributed by atoms with Crippen LogP contribution in [0.2, 0.25) is 10.0 Å². The van der Waals surface area contributed by atoms with Crippen molar-refractivity contribution >= 4 is 50.5 Å². The Morgan fingerprint density at radius 2 is 1.70 bits per heavy atom. The Morgan fingerprint density at radius 3 is 2.47 bits per heavy atom. The first kappa shape index (κ1) is 19.1. The number of nitrogens with zero attached hydrogens (tertiary/aromatic N) is 4. The summed E-state index contributed by atoms with van der Waals surface area (Å²) in [4.78, 5) is 26.4. The zero-order chi connectivity index (χ0) is 20.8. The molecule has 0 amide bonds. The van der Waals surface area contributed by atoms with Gasteiger partial charge in [0, 0.05) is 10.0 Å². The van der Waals surface area contributed by atoms with E-state index >= 15 is 0 Å². The number of aromatic nitrogens is 4. The number of benzene rings is 2. The molecule has 0 unspecified atom stereocenters. The van der Waals surface area contributed by atoms with Gasteiger partial charge in [-0.1, -0.05) is 47.5 Å². The Morgan fingerprint density at radius 1 is 0.900 bits per heavy atom. The van der Waals surface area contributed by atoms with Crippen molar-refractivity contribution in [3.8, 4) is 0 Å². The number of rotatable bonds is 4. The fourth-order valence-corrected chi connectivity index (χ4v) is 4.62. The highest BCUT2D eigenvalue weighted by Gasteiger charge is 2.18. The molecule has 0 saturated carbocycles. The van der Waals surface area contributed by atoms with Gasteiger partial charge in [0.1, 0.15) is 4.70 Å². The van der Waals surface area contributed by atoms with E-state index in [1.807, 2.05) is 24.3 Å². The van der Waals surface area contributed by atoms with Crippen LogP contribution in [0.5, 0.6) is 0 Å². The maximum atomic E-state index is 13.2. The minimum absolute atomic E-state index is 0.178. The van der Waals surface area contributed by atoms with Crippen molar-refractivity contribution in [3.05, 3.63) is 102 Å². The third-order valence-electron chi connectivity index (χ3n) is 4.86. The molecule has 0 aliphatic carbocycles. The normalized spacial score (nSPS) is 11.5. The number of hydrogen-bond acceptors (Lipinski definition) is 4. The third-order valence-corrected chi connectivity index (χ3v) is 6.24. The Hall–Kier alpha value is -2.87. The molecule has 0 aliphatic rings. The van der Waals surface area contributed by atoms with Gasteiger partial charge in [-0.3, -0.25) is 9.36 Å². The lowest BCUT2D eigenvalue weighted by molar-refractivity contribution is 0.654. The molecule has 30 heavy (non-hydrogen) atoms.